The van der Waals surface area contributed by atoms with E-state index in [0.717, 1.165) is 5.56 Å². The monoisotopic (exact) mass is 467 g/mol. The Kier molecular flexibility index (Phi) is 7.24. The summed E-state index contributed by atoms with van der Waals surface area (Å²) in [7, 11) is -3.31. The Labute approximate surface area is 187 Å². The summed E-state index contributed by atoms with van der Waals surface area (Å²) < 4.78 is 40.0. The summed E-state index contributed by atoms with van der Waals surface area (Å²) in [5.74, 6) is -0.639. The second-order valence-electron chi connectivity index (χ2n) is 7.89. The highest BCUT2D eigenvalue weighted by atomic mass is 35.5. The van der Waals surface area contributed by atoms with Gasteiger partial charge in [0.2, 0.25) is 10.0 Å². The van der Waals surface area contributed by atoms with Gasteiger partial charge in [-0.3, -0.25) is 4.79 Å². The van der Waals surface area contributed by atoms with Crippen LogP contribution in [-0.2, 0) is 15.4 Å². The van der Waals surface area contributed by atoms with Gasteiger partial charge in [-0.2, -0.15) is 0 Å². The number of rotatable bonds is 7. The number of nitrogens with zero attached hydrogens (tertiary/aromatic N) is 1. The fraction of sp³-hybridized carbons (Fsp3) is 0.409. The third-order valence-electron chi connectivity index (χ3n) is 5.85. The molecule has 2 aromatic rings. The third kappa shape index (κ3) is 5.19. The predicted octanol–water partition coefficient (Wildman–Crippen LogP) is 3.56. The van der Waals surface area contributed by atoms with Gasteiger partial charge in [-0.15, -0.1) is 0 Å². The predicted molar refractivity (Wildman–Crippen MR) is 121 cm³/mol. The number of nitrogens with one attached hydrogen (secondary N) is 1. The molecule has 168 valence electrons. The van der Waals surface area contributed by atoms with E-state index in [4.69, 9.17) is 17.3 Å². The Bertz CT molecular complexity index is 1020. The molecule has 1 fully saturated rings. The minimum absolute atomic E-state index is 0.110. The van der Waals surface area contributed by atoms with E-state index < -0.39 is 21.3 Å². The zero-order valence-corrected chi connectivity index (χ0v) is 19.0. The number of amides is 1. The molecule has 1 amide bonds. The van der Waals surface area contributed by atoms with E-state index in [1.165, 1.54) is 16.4 Å². The molecule has 9 heteroatoms. The number of anilines is 1. The number of nitrogen functional groups attached to an aromatic ring is 1. The van der Waals surface area contributed by atoms with E-state index in [9.17, 15) is 17.6 Å². The molecular weight excluding hydrogens is 441 g/mol. The first-order chi connectivity index (χ1) is 14.7. The minimum atomic E-state index is -3.31. The van der Waals surface area contributed by atoms with E-state index in [1.54, 1.807) is 30.3 Å². The Morgan fingerprint density at radius 1 is 1.19 bits per heavy atom. The molecule has 0 atom stereocenters. The lowest BCUT2D eigenvalue weighted by atomic mass is 9.73. The lowest BCUT2D eigenvalue weighted by Crippen LogP contribution is -2.50. The van der Waals surface area contributed by atoms with E-state index >= 15 is 0 Å². The third-order valence-corrected chi connectivity index (χ3v) is 8.24. The number of hydrogen-bond donors (Lipinski definition) is 2. The van der Waals surface area contributed by atoms with Crippen LogP contribution in [-0.4, -0.2) is 44.0 Å². The van der Waals surface area contributed by atoms with E-state index in [1.807, 2.05) is 6.92 Å². The van der Waals surface area contributed by atoms with Crippen LogP contribution in [0.2, 0.25) is 5.02 Å². The van der Waals surface area contributed by atoms with E-state index in [-0.39, 0.29) is 34.4 Å². The van der Waals surface area contributed by atoms with Crippen molar-refractivity contribution in [2.75, 3.05) is 31.1 Å². The summed E-state index contributed by atoms with van der Waals surface area (Å²) in [5.41, 5.74) is 6.74. The maximum absolute atomic E-state index is 13.5. The Morgan fingerprint density at radius 3 is 2.42 bits per heavy atom. The van der Waals surface area contributed by atoms with E-state index in [2.05, 4.69) is 5.32 Å². The number of hydrogen-bond acceptors (Lipinski definition) is 4. The fourth-order valence-electron chi connectivity index (χ4n) is 4.07. The average molecular weight is 468 g/mol. The molecule has 0 radical (unpaired) electrons. The first-order valence-corrected chi connectivity index (χ1v) is 12.2. The quantitative estimate of drug-likeness (QED) is 0.609. The zero-order chi connectivity index (χ0) is 22.6. The summed E-state index contributed by atoms with van der Waals surface area (Å²) in [6.07, 6.45) is 1.55. The smallest absolute Gasteiger partial charge is 0.254 e. The van der Waals surface area contributed by atoms with Crippen molar-refractivity contribution in [2.24, 2.45) is 0 Å². The molecule has 0 aromatic heterocycles. The Hall–Kier alpha value is -2.16. The van der Waals surface area contributed by atoms with Crippen LogP contribution in [0.1, 0.15) is 42.1 Å². The van der Waals surface area contributed by atoms with Crippen LogP contribution < -0.4 is 11.1 Å². The van der Waals surface area contributed by atoms with Gasteiger partial charge in [0.15, 0.2) is 0 Å². The van der Waals surface area contributed by atoms with Gasteiger partial charge in [0.05, 0.1) is 16.3 Å². The van der Waals surface area contributed by atoms with Gasteiger partial charge >= 0.3 is 0 Å². The normalized spacial score (nSPS) is 16.7. The van der Waals surface area contributed by atoms with Gasteiger partial charge < -0.3 is 11.1 Å². The summed E-state index contributed by atoms with van der Waals surface area (Å²) in [6, 6.07) is 11.0. The molecule has 1 saturated heterocycles. The number of carbonyl (C=O) groups is 1. The maximum Gasteiger partial charge on any atom is 0.254 e. The zero-order valence-electron chi connectivity index (χ0n) is 17.4. The van der Waals surface area contributed by atoms with Gasteiger partial charge in [-0.05, 0) is 49.1 Å². The first kappa shape index (κ1) is 23.5. The molecule has 2 aromatic carbocycles. The van der Waals surface area contributed by atoms with Crippen LogP contribution in [0.25, 0.3) is 0 Å². The molecule has 3 N–H and O–H groups in total. The molecule has 0 aliphatic carbocycles. The van der Waals surface area contributed by atoms with Crippen LogP contribution >= 0.6 is 11.6 Å². The first-order valence-electron chi connectivity index (χ1n) is 10.2. The van der Waals surface area contributed by atoms with Crippen molar-refractivity contribution in [3.05, 3.63) is 64.4 Å². The van der Waals surface area contributed by atoms with E-state index in [0.29, 0.717) is 32.4 Å². The van der Waals surface area contributed by atoms with Crippen LogP contribution in [0, 0.1) is 5.82 Å². The van der Waals surface area contributed by atoms with Crippen molar-refractivity contribution >= 4 is 33.2 Å². The van der Waals surface area contributed by atoms with Crippen molar-refractivity contribution in [1.29, 1.82) is 0 Å². The lowest BCUT2D eigenvalue weighted by Gasteiger charge is -2.42. The standard InChI is InChI=1S/C22H27ClFN3O3S/c1-2-14-31(29,30)27-12-10-22(11-13-27,16-6-8-17(24)9-7-16)15-26-21(28)20-18(23)4-3-5-19(20)25/h3-9H,2,10-15,25H2,1H3,(H,26,28). The molecule has 6 nitrogen and oxygen atoms in total. The highest BCUT2D eigenvalue weighted by Crippen LogP contribution is 2.36. The molecule has 1 aliphatic rings. The molecule has 0 spiro atoms. The molecule has 31 heavy (non-hydrogen) atoms. The second kappa shape index (κ2) is 9.54. The van der Waals surface area contributed by atoms with Crippen molar-refractivity contribution < 1.29 is 17.6 Å². The number of benzene rings is 2. The van der Waals surface area contributed by atoms with Gasteiger partial charge in [-0.1, -0.05) is 36.7 Å². The summed E-state index contributed by atoms with van der Waals surface area (Å²) in [5, 5.41) is 3.18. The number of halogens is 2. The molecule has 1 heterocycles. The summed E-state index contributed by atoms with van der Waals surface area (Å²) in [6.45, 7) is 2.76. The average Bonchev–Trinajstić information content (AvgIpc) is 2.73. The maximum atomic E-state index is 13.5. The second-order valence-corrected chi connectivity index (χ2v) is 10.4. The van der Waals surface area contributed by atoms with Crippen LogP contribution in [0.3, 0.4) is 0 Å². The van der Waals surface area contributed by atoms with Crippen molar-refractivity contribution in [3.8, 4) is 0 Å². The van der Waals surface area contributed by atoms with Crippen molar-refractivity contribution in [2.45, 2.75) is 31.6 Å². The highest BCUT2D eigenvalue weighted by Gasteiger charge is 2.39. The Morgan fingerprint density at radius 2 is 1.84 bits per heavy atom. The SMILES string of the molecule is CCCS(=O)(=O)N1CCC(CNC(=O)c2c(N)cccc2Cl)(c2ccc(F)cc2)CC1. The summed E-state index contributed by atoms with van der Waals surface area (Å²) >= 11 is 6.16. The van der Waals surface area contributed by atoms with Crippen molar-refractivity contribution in [1.82, 2.24) is 9.62 Å². The number of carbonyl (C=O) groups excluding carboxylic acids is 1. The molecule has 0 saturated carbocycles. The number of sulfonamides is 1. The van der Waals surface area contributed by atoms with Crippen LogP contribution in [0.5, 0.6) is 0 Å². The molecular formula is C22H27ClFN3O3S. The molecule has 0 unspecified atom stereocenters. The van der Waals surface area contributed by atoms with Crippen molar-refractivity contribution in [3.63, 3.8) is 0 Å². The summed E-state index contributed by atoms with van der Waals surface area (Å²) in [4.78, 5) is 12.8. The van der Waals surface area contributed by atoms with Crippen LogP contribution in [0.4, 0.5) is 10.1 Å². The fourth-order valence-corrected chi connectivity index (χ4v) is 5.85. The van der Waals surface area contributed by atoms with Gasteiger partial charge in [-0.25, -0.2) is 17.1 Å². The largest absolute Gasteiger partial charge is 0.398 e. The topological polar surface area (TPSA) is 92.5 Å². The number of nitrogens with two attached hydrogens (primary N) is 1. The lowest BCUT2D eigenvalue weighted by molar-refractivity contribution is 0.0934. The van der Waals surface area contributed by atoms with Gasteiger partial charge in [0, 0.05) is 30.7 Å². The minimum Gasteiger partial charge on any atom is -0.398 e. The molecule has 0 bridgehead atoms. The van der Waals surface area contributed by atoms with Gasteiger partial charge in [0.25, 0.3) is 5.91 Å². The van der Waals surface area contributed by atoms with Gasteiger partial charge in [0.1, 0.15) is 5.82 Å². The number of piperidine rings is 1. The van der Waals surface area contributed by atoms with Crippen LogP contribution in [0.15, 0.2) is 42.5 Å². The Balaban J connectivity index is 1.83. The molecule has 3 rings (SSSR count). The highest BCUT2D eigenvalue weighted by molar-refractivity contribution is 7.89. The molecule has 1 aliphatic heterocycles.